The Morgan fingerprint density at radius 3 is 2.22 bits per heavy atom. The van der Waals surface area contributed by atoms with E-state index in [4.69, 9.17) is 23.2 Å². The number of unbranched alkanes of at least 4 members (excludes halogenated alkanes) is 3. The molecule has 0 aliphatic rings. The van der Waals surface area contributed by atoms with Crippen molar-refractivity contribution >= 4 is 23.2 Å². The van der Waals surface area contributed by atoms with Crippen molar-refractivity contribution < 1.29 is 0 Å². The zero-order chi connectivity index (χ0) is 7.11. The van der Waals surface area contributed by atoms with Crippen molar-refractivity contribution in [3.05, 3.63) is 0 Å². The molecule has 0 amide bonds. The molecule has 0 aromatic rings. The summed E-state index contributed by atoms with van der Waals surface area (Å²) in [5.74, 6) is 0. The Morgan fingerprint density at radius 2 is 1.78 bits per heavy atom. The van der Waals surface area contributed by atoms with Crippen LogP contribution in [0.4, 0.5) is 0 Å². The van der Waals surface area contributed by atoms with Gasteiger partial charge < -0.3 is 0 Å². The second-order valence-electron chi connectivity index (χ2n) is 2.24. The van der Waals surface area contributed by atoms with Crippen LogP contribution in [-0.4, -0.2) is 4.84 Å². The molecule has 2 heteroatoms. The average molecular weight is 169 g/mol. The van der Waals surface area contributed by atoms with Gasteiger partial charge in [0, 0.05) is 0 Å². The molecule has 0 rings (SSSR count). The summed E-state index contributed by atoms with van der Waals surface area (Å²) in [5, 5.41) is 0. The molecule has 0 atom stereocenters. The van der Waals surface area contributed by atoms with Crippen LogP contribution in [0.2, 0.25) is 0 Å². The molecule has 0 N–H and O–H groups in total. The molecule has 0 aliphatic heterocycles. The summed E-state index contributed by atoms with van der Waals surface area (Å²) in [5.41, 5.74) is 0. The topological polar surface area (TPSA) is 0 Å². The fraction of sp³-hybridized carbons (Fsp3) is 1.00. The Morgan fingerprint density at radius 1 is 1.11 bits per heavy atom. The van der Waals surface area contributed by atoms with E-state index in [1.807, 2.05) is 0 Å². The second kappa shape index (κ2) is 6.70. The normalized spacial score (nSPS) is 10.7. The Hall–Kier alpha value is 0.580. The van der Waals surface area contributed by atoms with Crippen LogP contribution in [0.25, 0.3) is 0 Å². The van der Waals surface area contributed by atoms with E-state index in [-0.39, 0.29) is 4.84 Å². The van der Waals surface area contributed by atoms with Crippen LogP contribution in [0.5, 0.6) is 0 Å². The van der Waals surface area contributed by atoms with E-state index < -0.39 is 0 Å². The van der Waals surface area contributed by atoms with Crippen molar-refractivity contribution in [1.29, 1.82) is 0 Å². The van der Waals surface area contributed by atoms with Crippen LogP contribution in [0.15, 0.2) is 0 Å². The first-order valence-electron chi connectivity index (χ1n) is 3.55. The van der Waals surface area contributed by atoms with Crippen LogP contribution >= 0.6 is 23.2 Å². The smallest absolute Gasteiger partial charge is 0.105 e. The summed E-state index contributed by atoms with van der Waals surface area (Å²) in [6.07, 6.45) is 5.97. The highest BCUT2D eigenvalue weighted by Crippen LogP contribution is 2.12. The summed E-state index contributed by atoms with van der Waals surface area (Å²) in [6.45, 7) is 2.19. The summed E-state index contributed by atoms with van der Waals surface area (Å²) in [7, 11) is 0. The predicted molar refractivity (Wildman–Crippen MR) is 44.3 cm³/mol. The quantitative estimate of drug-likeness (QED) is 0.434. The number of alkyl halides is 2. The molecule has 56 valence electrons. The number of halogens is 2. The third-order valence-corrected chi connectivity index (χ3v) is 1.71. The summed E-state index contributed by atoms with van der Waals surface area (Å²) < 4.78 is 0. The highest BCUT2D eigenvalue weighted by Gasteiger charge is 1.96. The first kappa shape index (κ1) is 9.58. The van der Waals surface area contributed by atoms with Gasteiger partial charge in [0.25, 0.3) is 0 Å². The van der Waals surface area contributed by atoms with Gasteiger partial charge in [-0.25, -0.2) is 0 Å². The third-order valence-electron chi connectivity index (χ3n) is 1.28. The molecule has 9 heavy (non-hydrogen) atoms. The molecular weight excluding hydrogens is 155 g/mol. The number of rotatable bonds is 5. The molecule has 0 aromatic carbocycles. The minimum atomic E-state index is -0.151. The Balaban J connectivity index is 2.75. The van der Waals surface area contributed by atoms with Gasteiger partial charge in [0.05, 0.1) is 0 Å². The molecule has 0 aliphatic carbocycles. The van der Waals surface area contributed by atoms with Crippen molar-refractivity contribution in [2.45, 2.75) is 43.9 Å². The third kappa shape index (κ3) is 8.58. The first-order chi connectivity index (χ1) is 4.27. The summed E-state index contributed by atoms with van der Waals surface area (Å²) >= 11 is 11.0. The van der Waals surface area contributed by atoms with Gasteiger partial charge in [-0.15, -0.1) is 23.2 Å². The molecule has 0 aromatic heterocycles. The SMILES string of the molecule is CCCCCCC(Cl)Cl. The lowest BCUT2D eigenvalue weighted by Gasteiger charge is -1.98. The fourth-order valence-electron chi connectivity index (χ4n) is 0.725. The van der Waals surface area contributed by atoms with Gasteiger partial charge >= 0.3 is 0 Å². The molecule has 0 radical (unpaired) electrons. The maximum Gasteiger partial charge on any atom is 0.107 e. The van der Waals surface area contributed by atoms with Crippen molar-refractivity contribution in [3.8, 4) is 0 Å². The van der Waals surface area contributed by atoms with Gasteiger partial charge in [0.15, 0.2) is 0 Å². The zero-order valence-electron chi connectivity index (χ0n) is 5.87. The lowest BCUT2D eigenvalue weighted by molar-refractivity contribution is 0.650. The molecule has 0 fully saturated rings. The maximum absolute atomic E-state index is 5.52. The van der Waals surface area contributed by atoms with Crippen LogP contribution < -0.4 is 0 Å². The van der Waals surface area contributed by atoms with Crippen molar-refractivity contribution in [3.63, 3.8) is 0 Å². The second-order valence-corrected chi connectivity index (χ2v) is 3.52. The number of hydrogen-bond donors (Lipinski definition) is 0. The molecule has 0 saturated heterocycles. The van der Waals surface area contributed by atoms with E-state index in [1.165, 1.54) is 25.7 Å². The largest absolute Gasteiger partial charge is 0.107 e. The van der Waals surface area contributed by atoms with E-state index in [0.717, 1.165) is 6.42 Å². The number of hydrogen-bond acceptors (Lipinski definition) is 0. The lowest BCUT2D eigenvalue weighted by atomic mass is 10.2. The highest BCUT2D eigenvalue weighted by molar-refractivity contribution is 6.44. The molecule has 0 heterocycles. The van der Waals surface area contributed by atoms with Crippen LogP contribution in [0.3, 0.4) is 0 Å². The standard InChI is InChI=1S/C7H14Cl2/c1-2-3-4-5-6-7(8)9/h7H,2-6H2,1H3. The predicted octanol–water partition coefficient (Wildman–Crippen LogP) is 3.76. The van der Waals surface area contributed by atoms with Gasteiger partial charge in [0.2, 0.25) is 0 Å². The van der Waals surface area contributed by atoms with Crippen LogP contribution in [0, 0.1) is 0 Å². The summed E-state index contributed by atoms with van der Waals surface area (Å²) in [4.78, 5) is -0.151. The van der Waals surface area contributed by atoms with Crippen molar-refractivity contribution in [2.24, 2.45) is 0 Å². The van der Waals surface area contributed by atoms with E-state index in [0.29, 0.717) is 0 Å². The van der Waals surface area contributed by atoms with Gasteiger partial charge in [-0.1, -0.05) is 32.6 Å². The fourth-order valence-corrected chi connectivity index (χ4v) is 1.03. The molecule has 0 nitrogen and oxygen atoms in total. The van der Waals surface area contributed by atoms with Crippen molar-refractivity contribution in [2.75, 3.05) is 0 Å². The molecule has 0 saturated carbocycles. The molecular formula is C7H14Cl2. The molecule has 0 bridgehead atoms. The highest BCUT2D eigenvalue weighted by atomic mass is 35.5. The van der Waals surface area contributed by atoms with E-state index >= 15 is 0 Å². The Bertz CT molecular complexity index is 52.9. The minimum absolute atomic E-state index is 0.151. The molecule has 0 spiro atoms. The van der Waals surface area contributed by atoms with Crippen LogP contribution in [0.1, 0.15) is 39.0 Å². The van der Waals surface area contributed by atoms with E-state index in [9.17, 15) is 0 Å². The maximum atomic E-state index is 5.52. The van der Waals surface area contributed by atoms with Gasteiger partial charge in [-0.05, 0) is 6.42 Å². The van der Waals surface area contributed by atoms with E-state index in [2.05, 4.69) is 6.92 Å². The summed E-state index contributed by atoms with van der Waals surface area (Å²) in [6, 6.07) is 0. The van der Waals surface area contributed by atoms with Gasteiger partial charge in [-0.2, -0.15) is 0 Å². The van der Waals surface area contributed by atoms with Gasteiger partial charge in [0.1, 0.15) is 4.84 Å². The minimum Gasteiger partial charge on any atom is -0.105 e. The lowest BCUT2D eigenvalue weighted by Crippen LogP contribution is -1.85. The van der Waals surface area contributed by atoms with Crippen molar-refractivity contribution in [1.82, 2.24) is 0 Å². The van der Waals surface area contributed by atoms with Gasteiger partial charge in [-0.3, -0.25) is 0 Å². The first-order valence-corrected chi connectivity index (χ1v) is 4.42. The Labute approximate surface area is 67.5 Å². The zero-order valence-corrected chi connectivity index (χ0v) is 7.38. The average Bonchev–Trinajstić information content (AvgIpc) is 1.80. The Kier molecular flexibility index (Phi) is 7.13. The molecule has 0 unspecified atom stereocenters. The van der Waals surface area contributed by atoms with Crippen LogP contribution in [-0.2, 0) is 0 Å². The monoisotopic (exact) mass is 168 g/mol. The van der Waals surface area contributed by atoms with E-state index in [1.54, 1.807) is 0 Å².